The van der Waals surface area contributed by atoms with Crippen LogP contribution >= 0.6 is 0 Å². The molecule has 0 aliphatic carbocycles. The van der Waals surface area contributed by atoms with Crippen molar-refractivity contribution in [1.82, 2.24) is 0 Å². The van der Waals surface area contributed by atoms with Gasteiger partial charge in [-0.1, -0.05) is 0 Å². The van der Waals surface area contributed by atoms with Crippen LogP contribution in [0.3, 0.4) is 0 Å². The Morgan fingerprint density at radius 2 is 2.55 bits per heavy atom. The average Bonchev–Trinajstić information content (AvgIpc) is 2.07. The highest BCUT2D eigenvalue weighted by molar-refractivity contribution is 6.37. The van der Waals surface area contributed by atoms with Crippen LogP contribution in [-0.2, 0) is 9.57 Å². The summed E-state index contributed by atoms with van der Waals surface area (Å²) in [5.41, 5.74) is 0.548. The number of aliphatic hydroxyl groups is 1. The van der Waals surface area contributed by atoms with E-state index in [1.54, 1.807) is 6.92 Å². The van der Waals surface area contributed by atoms with Crippen LogP contribution in [0.2, 0.25) is 0 Å². The van der Waals surface area contributed by atoms with Crippen LogP contribution in [0.4, 0.5) is 0 Å². The maximum absolute atomic E-state index is 8.43. The molecule has 0 aromatic heterocycles. The lowest BCUT2D eigenvalue weighted by Crippen LogP contribution is -2.22. The fraction of sp³-hybridized carbons (Fsp3) is 0.667. The summed E-state index contributed by atoms with van der Waals surface area (Å²) in [5.74, 6) is 0.352. The first kappa shape index (κ1) is 8.00. The topological polar surface area (TPSA) is 63.4 Å². The van der Waals surface area contributed by atoms with Crippen molar-refractivity contribution in [2.24, 2.45) is 10.1 Å². The maximum atomic E-state index is 8.43. The van der Waals surface area contributed by atoms with Crippen molar-refractivity contribution < 1.29 is 14.7 Å². The van der Waals surface area contributed by atoms with E-state index >= 15 is 0 Å². The van der Waals surface area contributed by atoms with Crippen LogP contribution in [-0.4, -0.2) is 36.7 Å². The van der Waals surface area contributed by atoms with Gasteiger partial charge in [-0.2, -0.15) is 0 Å². The van der Waals surface area contributed by atoms with Crippen LogP contribution < -0.4 is 0 Å². The molecule has 11 heavy (non-hydrogen) atoms. The van der Waals surface area contributed by atoms with Crippen LogP contribution in [0.1, 0.15) is 6.92 Å². The molecule has 0 radical (unpaired) electrons. The second-order valence-corrected chi connectivity index (χ2v) is 1.96. The highest BCUT2D eigenvalue weighted by atomic mass is 16.7. The van der Waals surface area contributed by atoms with Gasteiger partial charge in [-0.15, -0.1) is 0 Å². The molecule has 0 fully saturated rings. The number of ether oxygens (including phenoxy) is 1. The van der Waals surface area contributed by atoms with Gasteiger partial charge in [0.15, 0.2) is 6.61 Å². The Labute approximate surface area is 64.3 Å². The number of aliphatic imine (C=N–C) groups is 1. The number of rotatable bonds is 2. The maximum Gasteiger partial charge on any atom is 0.271 e. The molecule has 5 heteroatoms. The summed E-state index contributed by atoms with van der Waals surface area (Å²) in [4.78, 5) is 8.43. The Morgan fingerprint density at radius 3 is 3.09 bits per heavy atom. The van der Waals surface area contributed by atoms with Crippen LogP contribution in [0.5, 0.6) is 0 Å². The van der Waals surface area contributed by atoms with E-state index in [-0.39, 0.29) is 6.73 Å². The van der Waals surface area contributed by atoms with Crippen molar-refractivity contribution in [2.75, 3.05) is 19.9 Å². The van der Waals surface area contributed by atoms with Crippen LogP contribution in [0.25, 0.3) is 0 Å². The van der Waals surface area contributed by atoms with Crippen LogP contribution in [0.15, 0.2) is 10.1 Å². The van der Waals surface area contributed by atoms with Gasteiger partial charge in [-0.25, -0.2) is 0 Å². The molecule has 1 heterocycles. The number of nitrogens with zero attached hydrogens (tertiary/aromatic N) is 2. The number of hydrogen-bond donors (Lipinski definition) is 1. The SMILES string of the molecule is CC(=NCO)C1=NOCCO1. The molecule has 0 aromatic rings. The Hall–Kier alpha value is -1.10. The fourth-order valence-corrected chi connectivity index (χ4v) is 0.650. The van der Waals surface area contributed by atoms with Crippen molar-refractivity contribution in [2.45, 2.75) is 6.92 Å². The van der Waals surface area contributed by atoms with Crippen molar-refractivity contribution in [3.05, 3.63) is 0 Å². The minimum Gasteiger partial charge on any atom is -0.471 e. The van der Waals surface area contributed by atoms with Crippen molar-refractivity contribution in [1.29, 1.82) is 0 Å². The molecular weight excluding hydrogens is 148 g/mol. The molecule has 0 aromatic carbocycles. The predicted octanol–water partition coefficient (Wildman–Crippen LogP) is -0.243. The van der Waals surface area contributed by atoms with Gasteiger partial charge in [0.2, 0.25) is 0 Å². The van der Waals surface area contributed by atoms with E-state index in [0.29, 0.717) is 24.8 Å². The average molecular weight is 158 g/mol. The second-order valence-electron chi connectivity index (χ2n) is 1.96. The van der Waals surface area contributed by atoms with Crippen LogP contribution in [0, 0.1) is 0 Å². The molecule has 0 bridgehead atoms. The summed E-state index contributed by atoms with van der Waals surface area (Å²) >= 11 is 0. The van der Waals surface area contributed by atoms with E-state index in [9.17, 15) is 0 Å². The lowest BCUT2D eigenvalue weighted by atomic mass is 10.4. The molecule has 62 valence electrons. The summed E-state index contributed by atoms with van der Waals surface area (Å²) in [5, 5.41) is 12.0. The second kappa shape index (κ2) is 3.92. The van der Waals surface area contributed by atoms with Gasteiger partial charge in [0.05, 0.1) is 5.71 Å². The van der Waals surface area contributed by atoms with Crippen molar-refractivity contribution >= 4 is 11.6 Å². The fourth-order valence-electron chi connectivity index (χ4n) is 0.650. The molecule has 0 saturated carbocycles. The molecule has 1 N–H and O–H groups in total. The number of oxime groups is 1. The lowest BCUT2D eigenvalue weighted by molar-refractivity contribution is 0.0675. The molecule has 1 aliphatic heterocycles. The minimum absolute atomic E-state index is 0.256. The van der Waals surface area contributed by atoms with Gasteiger partial charge >= 0.3 is 0 Å². The molecule has 1 rings (SSSR count). The van der Waals surface area contributed by atoms with E-state index in [2.05, 4.69) is 10.1 Å². The summed E-state index contributed by atoms with van der Waals surface area (Å²) in [6, 6.07) is 0. The summed E-state index contributed by atoms with van der Waals surface area (Å²) in [6.45, 7) is 2.39. The number of hydrogen-bond acceptors (Lipinski definition) is 5. The summed E-state index contributed by atoms with van der Waals surface area (Å²) in [6.07, 6.45) is 0. The standard InChI is InChI=1S/C6H10N2O3/c1-5(7-4-9)6-8-11-3-2-10-6/h9H,2-4H2,1H3. The molecule has 0 amide bonds. The van der Waals surface area contributed by atoms with Gasteiger partial charge < -0.3 is 14.7 Å². The zero-order valence-corrected chi connectivity index (χ0v) is 6.28. The number of aliphatic hydroxyl groups excluding tert-OH is 1. The van der Waals surface area contributed by atoms with Gasteiger partial charge in [0.1, 0.15) is 13.3 Å². The first-order chi connectivity index (χ1) is 5.34. The predicted molar refractivity (Wildman–Crippen MR) is 39.5 cm³/mol. The Morgan fingerprint density at radius 1 is 1.73 bits per heavy atom. The molecule has 0 saturated heterocycles. The normalized spacial score (nSPS) is 18.4. The van der Waals surface area contributed by atoms with E-state index in [1.807, 2.05) is 0 Å². The van der Waals surface area contributed by atoms with E-state index in [0.717, 1.165) is 0 Å². The summed E-state index contributed by atoms with van der Waals surface area (Å²) < 4.78 is 5.08. The molecule has 0 atom stereocenters. The van der Waals surface area contributed by atoms with Gasteiger partial charge in [0, 0.05) is 0 Å². The monoisotopic (exact) mass is 158 g/mol. The lowest BCUT2D eigenvalue weighted by Gasteiger charge is -2.12. The minimum atomic E-state index is -0.256. The third kappa shape index (κ3) is 2.19. The van der Waals surface area contributed by atoms with Crippen molar-refractivity contribution in [3.8, 4) is 0 Å². The third-order valence-electron chi connectivity index (χ3n) is 1.18. The Kier molecular flexibility index (Phi) is 2.85. The van der Waals surface area contributed by atoms with E-state index in [4.69, 9.17) is 14.7 Å². The highest BCUT2D eigenvalue weighted by Crippen LogP contribution is 1.95. The quantitative estimate of drug-likeness (QED) is 0.564. The van der Waals surface area contributed by atoms with Gasteiger partial charge in [0.25, 0.3) is 5.90 Å². The first-order valence-electron chi connectivity index (χ1n) is 3.29. The third-order valence-corrected chi connectivity index (χ3v) is 1.18. The molecule has 5 nitrogen and oxygen atoms in total. The molecule has 1 aliphatic rings. The highest BCUT2D eigenvalue weighted by Gasteiger charge is 2.09. The Bertz CT molecular complexity index is 188. The summed E-state index contributed by atoms with van der Waals surface area (Å²) in [7, 11) is 0. The molecule has 0 spiro atoms. The van der Waals surface area contributed by atoms with Gasteiger partial charge in [-0.05, 0) is 12.1 Å². The Balaban J connectivity index is 2.58. The van der Waals surface area contributed by atoms with Gasteiger partial charge in [-0.3, -0.25) is 4.99 Å². The zero-order chi connectivity index (χ0) is 8.10. The smallest absolute Gasteiger partial charge is 0.271 e. The molecule has 0 unspecified atom stereocenters. The first-order valence-corrected chi connectivity index (χ1v) is 3.29. The zero-order valence-electron chi connectivity index (χ0n) is 6.28. The molecular formula is C6H10N2O3. The van der Waals surface area contributed by atoms with E-state index in [1.165, 1.54) is 0 Å². The van der Waals surface area contributed by atoms with Crippen molar-refractivity contribution in [3.63, 3.8) is 0 Å². The largest absolute Gasteiger partial charge is 0.471 e. The van der Waals surface area contributed by atoms with E-state index < -0.39 is 0 Å².